The Morgan fingerprint density at radius 2 is 2.00 bits per heavy atom. The number of carbonyl (C=O) groups is 2. The Balaban J connectivity index is 2.53. The highest BCUT2D eigenvalue weighted by atomic mass is 19.1. The van der Waals surface area contributed by atoms with Gasteiger partial charge in [0.05, 0.1) is 12.8 Å². The molecule has 0 radical (unpaired) electrons. The average Bonchev–Trinajstić information content (AvgIpc) is 2.38. The molecule has 1 aromatic rings. The number of ether oxygens (including phenoxy) is 1. The van der Waals surface area contributed by atoms with E-state index in [9.17, 15) is 18.4 Å². The van der Waals surface area contributed by atoms with Gasteiger partial charge >= 0.3 is 12.0 Å². The van der Waals surface area contributed by atoms with Crippen LogP contribution in [-0.2, 0) is 4.79 Å². The summed E-state index contributed by atoms with van der Waals surface area (Å²) < 4.78 is 31.4. The first-order valence-electron chi connectivity index (χ1n) is 5.73. The van der Waals surface area contributed by atoms with Crippen LogP contribution in [0.4, 0.5) is 19.3 Å². The van der Waals surface area contributed by atoms with E-state index < -0.39 is 23.6 Å². The van der Waals surface area contributed by atoms with Crippen molar-refractivity contribution in [3.8, 4) is 5.75 Å². The van der Waals surface area contributed by atoms with E-state index in [-0.39, 0.29) is 30.8 Å². The van der Waals surface area contributed by atoms with Crippen molar-refractivity contribution in [1.29, 1.82) is 0 Å². The highest BCUT2D eigenvalue weighted by Gasteiger charge is 2.12. The van der Waals surface area contributed by atoms with Crippen molar-refractivity contribution >= 4 is 17.7 Å². The third-order valence-electron chi connectivity index (χ3n) is 2.34. The van der Waals surface area contributed by atoms with Gasteiger partial charge in [-0.15, -0.1) is 0 Å². The van der Waals surface area contributed by atoms with Crippen molar-refractivity contribution in [2.75, 3.05) is 19.0 Å². The minimum Gasteiger partial charge on any atom is -0.494 e. The second-order valence-corrected chi connectivity index (χ2v) is 3.84. The molecule has 0 aliphatic rings. The van der Waals surface area contributed by atoms with Gasteiger partial charge in [-0.25, -0.2) is 13.6 Å². The second kappa shape index (κ2) is 7.27. The van der Waals surface area contributed by atoms with Gasteiger partial charge in [-0.05, 0) is 6.42 Å². The van der Waals surface area contributed by atoms with Crippen LogP contribution in [0, 0.1) is 11.6 Å². The van der Waals surface area contributed by atoms with Crippen LogP contribution in [0.1, 0.15) is 12.8 Å². The molecule has 0 heterocycles. The Bertz CT molecular complexity index is 508. The predicted molar refractivity (Wildman–Crippen MR) is 66.8 cm³/mol. The van der Waals surface area contributed by atoms with Crippen LogP contribution < -0.4 is 15.4 Å². The molecule has 8 heteroatoms. The molecule has 0 saturated heterocycles. The molecular weight excluding hydrogens is 274 g/mol. The van der Waals surface area contributed by atoms with Gasteiger partial charge in [0.2, 0.25) is 0 Å². The van der Waals surface area contributed by atoms with Gasteiger partial charge in [-0.3, -0.25) is 4.79 Å². The van der Waals surface area contributed by atoms with Crippen molar-refractivity contribution in [2.45, 2.75) is 12.8 Å². The van der Waals surface area contributed by atoms with Gasteiger partial charge in [0, 0.05) is 25.1 Å². The number of carbonyl (C=O) groups excluding carboxylic acids is 1. The van der Waals surface area contributed by atoms with Crippen molar-refractivity contribution < 1.29 is 28.2 Å². The smallest absolute Gasteiger partial charge is 0.319 e. The minimum atomic E-state index is -0.976. The van der Waals surface area contributed by atoms with Crippen LogP contribution in [0.15, 0.2) is 12.1 Å². The lowest BCUT2D eigenvalue weighted by molar-refractivity contribution is -0.137. The molecule has 0 atom stereocenters. The Morgan fingerprint density at radius 3 is 2.60 bits per heavy atom. The molecule has 0 aliphatic heterocycles. The van der Waals surface area contributed by atoms with Crippen LogP contribution in [0.2, 0.25) is 0 Å². The van der Waals surface area contributed by atoms with Gasteiger partial charge in [-0.1, -0.05) is 0 Å². The zero-order chi connectivity index (χ0) is 15.1. The maximum atomic E-state index is 13.5. The van der Waals surface area contributed by atoms with Crippen molar-refractivity contribution in [1.82, 2.24) is 5.32 Å². The molecule has 0 saturated carbocycles. The van der Waals surface area contributed by atoms with Crippen molar-refractivity contribution in [2.24, 2.45) is 0 Å². The lowest BCUT2D eigenvalue weighted by Crippen LogP contribution is -2.30. The third kappa shape index (κ3) is 4.71. The summed E-state index contributed by atoms with van der Waals surface area (Å²) in [6, 6.07) is 0.860. The monoisotopic (exact) mass is 288 g/mol. The molecule has 0 aromatic heterocycles. The SMILES string of the molecule is COc1cc(F)c(NC(=O)NCCCC(=O)O)cc1F. The van der Waals surface area contributed by atoms with Gasteiger partial charge in [0.1, 0.15) is 0 Å². The number of amides is 2. The Kier molecular flexibility index (Phi) is 5.70. The molecule has 2 amide bonds. The molecule has 0 unspecified atom stereocenters. The van der Waals surface area contributed by atoms with Crippen LogP contribution in [0.5, 0.6) is 5.75 Å². The third-order valence-corrected chi connectivity index (χ3v) is 2.34. The quantitative estimate of drug-likeness (QED) is 0.698. The normalized spacial score (nSPS) is 9.95. The number of hydrogen-bond donors (Lipinski definition) is 3. The van der Waals surface area contributed by atoms with Crippen LogP contribution >= 0.6 is 0 Å². The number of hydrogen-bond acceptors (Lipinski definition) is 3. The molecule has 20 heavy (non-hydrogen) atoms. The maximum absolute atomic E-state index is 13.5. The van der Waals surface area contributed by atoms with E-state index in [1.54, 1.807) is 0 Å². The number of carboxylic acids is 1. The Labute approximate surface area is 113 Å². The van der Waals surface area contributed by atoms with E-state index in [0.717, 1.165) is 12.1 Å². The van der Waals surface area contributed by atoms with E-state index >= 15 is 0 Å². The van der Waals surface area contributed by atoms with Crippen LogP contribution in [0.25, 0.3) is 0 Å². The second-order valence-electron chi connectivity index (χ2n) is 3.84. The number of benzene rings is 1. The molecule has 0 fully saturated rings. The van der Waals surface area contributed by atoms with E-state index in [4.69, 9.17) is 5.11 Å². The first-order chi connectivity index (χ1) is 9.43. The highest BCUT2D eigenvalue weighted by Crippen LogP contribution is 2.24. The zero-order valence-electron chi connectivity index (χ0n) is 10.7. The lowest BCUT2D eigenvalue weighted by Gasteiger charge is -2.09. The van der Waals surface area contributed by atoms with Gasteiger partial charge in [-0.2, -0.15) is 0 Å². The molecule has 1 aromatic carbocycles. The summed E-state index contributed by atoms with van der Waals surface area (Å²) in [6.07, 6.45) is 0.147. The molecule has 1 rings (SSSR count). The number of nitrogens with one attached hydrogen (secondary N) is 2. The fourth-order valence-electron chi connectivity index (χ4n) is 1.39. The van der Waals surface area contributed by atoms with E-state index in [0.29, 0.717) is 0 Å². The lowest BCUT2D eigenvalue weighted by atomic mass is 10.2. The summed E-state index contributed by atoms with van der Waals surface area (Å²) in [5.74, 6) is -2.90. The fourth-order valence-corrected chi connectivity index (χ4v) is 1.39. The fraction of sp³-hybridized carbons (Fsp3) is 0.333. The summed E-state index contributed by atoms with van der Waals surface area (Å²) in [7, 11) is 1.19. The van der Waals surface area contributed by atoms with Gasteiger partial charge < -0.3 is 20.5 Å². The van der Waals surface area contributed by atoms with Crippen molar-refractivity contribution in [3.63, 3.8) is 0 Å². The molecule has 0 aliphatic carbocycles. The number of anilines is 1. The summed E-state index contributed by atoms with van der Waals surface area (Å²) in [5.41, 5.74) is -0.334. The number of halogens is 2. The van der Waals surface area contributed by atoms with E-state index in [1.807, 2.05) is 0 Å². The summed E-state index contributed by atoms with van der Waals surface area (Å²) in [5, 5.41) is 12.8. The summed E-state index contributed by atoms with van der Waals surface area (Å²) >= 11 is 0. The number of rotatable bonds is 6. The van der Waals surface area contributed by atoms with E-state index in [1.165, 1.54) is 7.11 Å². The van der Waals surface area contributed by atoms with Gasteiger partial charge in [0.25, 0.3) is 0 Å². The number of urea groups is 1. The predicted octanol–water partition coefficient (Wildman–Crippen LogP) is 1.96. The van der Waals surface area contributed by atoms with Crippen LogP contribution in [-0.4, -0.2) is 30.8 Å². The molecule has 6 nitrogen and oxygen atoms in total. The van der Waals surface area contributed by atoms with Crippen LogP contribution in [0.3, 0.4) is 0 Å². The largest absolute Gasteiger partial charge is 0.494 e. The molecule has 3 N–H and O–H groups in total. The standard InChI is InChI=1S/C12H14F2N2O4/c1-20-10-6-7(13)9(5-8(10)14)16-12(19)15-4-2-3-11(17)18/h5-6H,2-4H2,1H3,(H,17,18)(H2,15,16,19). The molecule has 110 valence electrons. The highest BCUT2D eigenvalue weighted by molar-refractivity contribution is 5.89. The first kappa shape index (κ1) is 15.7. The topological polar surface area (TPSA) is 87.7 Å². The zero-order valence-corrected chi connectivity index (χ0v) is 10.7. The summed E-state index contributed by atoms with van der Waals surface area (Å²) in [6.45, 7) is 0.110. The average molecular weight is 288 g/mol. The molecule has 0 spiro atoms. The Morgan fingerprint density at radius 1 is 1.30 bits per heavy atom. The number of methoxy groups -OCH3 is 1. The molecule has 0 bridgehead atoms. The first-order valence-corrected chi connectivity index (χ1v) is 5.73. The number of carboxylic acid groups (broad SMARTS) is 1. The Hall–Kier alpha value is -2.38. The maximum Gasteiger partial charge on any atom is 0.319 e. The van der Waals surface area contributed by atoms with Gasteiger partial charge in [0.15, 0.2) is 17.4 Å². The minimum absolute atomic E-state index is 0.0915. The molecular formula is C12H14F2N2O4. The van der Waals surface area contributed by atoms with E-state index in [2.05, 4.69) is 15.4 Å². The summed E-state index contributed by atoms with van der Waals surface area (Å²) in [4.78, 5) is 21.6. The number of aliphatic carboxylic acids is 1. The van der Waals surface area contributed by atoms with Crippen molar-refractivity contribution in [3.05, 3.63) is 23.8 Å².